The number of benzene rings is 2. The molecule has 0 fully saturated rings. The summed E-state index contributed by atoms with van der Waals surface area (Å²) in [6, 6.07) is 17.5. The van der Waals surface area contributed by atoms with E-state index in [1.54, 1.807) is 6.07 Å². The van der Waals surface area contributed by atoms with Gasteiger partial charge in [-0.15, -0.1) is 0 Å². The molecule has 0 unspecified atom stereocenters. The molecule has 6 heteroatoms. The summed E-state index contributed by atoms with van der Waals surface area (Å²) in [6.45, 7) is 2.09. The van der Waals surface area contributed by atoms with E-state index in [0.29, 0.717) is 21.3 Å². The van der Waals surface area contributed by atoms with Gasteiger partial charge in [-0.1, -0.05) is 48.7 Å². The first-order valence-corrected chi connectivity index (χ1v) is 9.42. The zero-order chi connectivity index (χ0) is 19.0. The highest BCUT2D eigenvalue weighted by Gasteiger charge is 2.17. The molecule has 0 bridgehead atoms. The maximum absolute atomic E-state index is 9.76. The van der Waals surface area contributed by atoms with Crippen LogP contribution in [-0.4, -0.2) is 9.38 Å². The Kier molecular flexibility index (Phi) is 4.65. The number of nitrogens with zero attached hydrogens (tertiary/aromatic N) is 3. The highest BCUT2D eigenvalue weighted by Crippen LogP contribution is 2.31. The summed E-state index contributed by atoms with van der Waals surface area (Å²) >= 11 is 12.3. The van der Waals surface area contributed by atoms with Crippen molar-refractivity contribution in [3.63, 3.8) is 0 Å². The van der Waals surface area contributed by atoms with E-state index in [1.165, 1.54) is 0 Å². The van der Waals surface area contributed by atoms with E-state index < -0.39 is 0 Å². The molecule has 0 aliphatic heterocycles. The molecule has 4 nitrogen and oxygen atoms in total. The van der Waals surface area contributed by atoms with Crippen LogP contribution in [0, 0.1) is 11.3 Å². The van der Waals surface area contributed by atoms with Crippen molar-refractivity contribution < 1.29 is 0 Å². The number of rotatable bonds is 4. The Morgan fingerprint density at radius 1 is 1.11 bits per heavy atom. The van der Waals surface area contributed by atoms with Gasteiger partial charge in [-0.3, -0.25) is 4.40 Å². The molecule has 0 aliphatic rings. The highest BCUT2D eigenvalue weighted by molar-refractivity contribution is 6.35. The predicted molar refractivity (Wildman–Crippen MR) is 111 cm³/mol. The number of pyridine rings is 1. The number of hydrogen-bond donors (Lipinski definition) is 1. The predicted octanol–water partition coefficient (Wildman–Crippen LogP) is 6.36. The lowest BCUT2D eigenvalue weighted by Crippen LogP contribution is -2.03. The lowest BCUT2D eigenvalue weighted by Gasteiger charge is -2.14. The molecule has 134 valence electrons. The second kappa shape index (κ2) is 7.11. The SMILES string of the molecule is CCCc1cc(Nc2cc(Cl)cc(Cl)c2)n2c(nc3ccccc32)c1C#N. The smallest absolute Gasteiger partial charge is 0.157 e. The molecule has 0 radical (unpaired) electrons. The first-order chi connectivity index (χ1) is 13.1. The molecule has 1 N–H and O–H groups in total. The third-order valence-electron chi connectivity index (χ3n) is 4.42. The van der Waals surface area contributed by atoms with Crippen molar-refractivity contribution in [3.8, 4) is 6.07 Å². The van der Waals surface area contributed by atoms with Gasteiger partial charge in [-0.05, 0) is 48.4 Å². The van der Waals surface area contributed by atoms with Crippen molar-refractivity contribution in [1.82, 2.24) is 9.38 Å². The second-order valence-electron chi connectivity index (χ2n) is 6.33. The van der Waals surface area contributed by atoms with Gasteiger partial charge in [0.25, 0.3) is 0 Å². The lowest BCUT2D eigenvalue weighted by atomic mass is 10.1. The average molecular weight is 395 g/mol. The fourth-order valence-corrected chi connectivity index (χ4v) is 3.86. The molecule has 0 amide bonds. The third kappa shape index (κ3) is 3.21. The van der Waals surface area contributed by atoms with Crippen LogP contribution >= 0.6 is 23.2 Å². The van der Waals surface area contributed by atoms with Gasteiger partial charge in [-0.2, -0.15) is 5.26 Å². The van der Waals surface area contributed by atoms with Crippen molar-refractivity contribution >= 4 is 51.4 Å². The van der Waals surface area contributed by atoms with E-state index in [0.717, 1.165) is 40.9 Å². The van der Waals surface area contributed by atoms with E-state index in [2.05, 4.69) is 18.3 Å². The summed E-state index contributed by atoms with van der Waals surface area (Å²) in [5.41, 5.74) is 4.79. The van der Waals surface area contributed by atoms with Crippen molar-refractivity contribution in [2.75, 3.05) is 5.32 Å². The summed E-state index contributed by atoms with van der Waals surface area (Å²) in [7, 11) is 0. The summed E-state index contributed by atoms with van der Waals surface area (Å²) in [6.07, 6.45) is 1.74. The number of fused-ring (bicyclic) bond motifs is 3. The monoisotopic (exact) mass is 394 g/mol. The maximum atomic E-state index is 9.76. The van der Waals surface area contributed by atoms with Crippen LogP contribution in [0.5, 0.6) is 0 Å². The molecule has 2 aromatic carbocycles. The standard InChI is InChI=1S/C21H16Cl2N4/c1-2-5-13-8-20(25-16-10-14(22)9-15(23)11-16)27-19-7-4-3-6-18(19)26-21(27)17(13)12-24/h3-4,6-11,25H,2,5H2,1H3. The number of para-hydroxylation sites is 2. The van der Waals surface area contributed by atoms with E-state index in [-0.39, 0.29) is 0 Å². The van der Waals surface area contributed by atoms with Gasteiger partial charge in [0, 0.05) is 15.7 Å². The first kappa shape index (κ1) is 17.7. The van der Waals surface area contributed by atoms with Gasteiger partial charge in [0.15, 0.2) is 5.65 Å². The van der Waals surface area contributed by atoms with E-state index in [4.69, 9.17) is 28.2 Å². The van der Waals surface area contributed by atoms with Crippen LogP contribution in [0.1, 0.15) is 24.5 Å². The van der Waals surface area contributed by atoms with Gasteiger partial charge in [-0.25, -0.2) is 4.98 Å². The molecule has 4 aromatic rings. The Bertz CT molecular complexity index is 1180. The summed E-state index contributed by atoms with van der Waals surface area (Å²) in [4.78, 5) is 4.71. The molecule has 0 saturated heterocycles. The number of aryl methyl sites for hydroxylation is 1. The molecule has 27 heavy (non-hydrogen) atoms. The van der Waals surface area contributed by atoms with Crippen LogP contribution in [-0.2, 0) is 6.42 Å². The van der Waals surface area contributed by atoms with E-state index >= 15 is 0 Å². The number of anilines is 2. The molecule has 0 atom stereocenters. The number of aromatic nitrogens is 2. The zero-order valence-electron chi connectivity index (χ0n) is 14.6. The van der Waals surface area contributed by atoms with Gasteiger partial charge in [0.05, 0.1) is 16.6 Å². The number of hydrogen-bond acceptors (Lipinski definition) is 3. The van der Waals surface area contributed by atoms with Crippen LogP contribution in [0.15, 0.2) is 48.5 Å². The van der Waals surface area contributed by atoms with Crippen LogP contribution in [0.3, 0.4) is 0 Å². The van der Waals surface area contributed by atoms with Gasteiger partial charge in [0.1, 0.15) is 11.9 Å². The Morgan fingerprint density at radius 2 is 1.85 bits per heavy atom. The molecule has 0 spiro atoms. The van der Waals surface area contributed by atoms with Crippen molar-refractivity contribution in [2.45, 2.75) is 19.8 Å². The minimum Gasteiger partial charge on any atom is -0.341 e. The summed E-state index contributed by atoms with van der Waals surface area (Å²) in [5, 5.41) is 14.3. The summed E-state index contributed by atoms with van der Waals surface area (Å²) in [5.74, 6) is 0.819. The Morgan fingerprint density at radius 3 is 2.56 bits per heavy atom. The second-order valence-corrected chi connectivity index (χ2v) is 7.21. The van der Waals surface area contributed by atoms with Crippen molar-refractivity contribution in [1.29, 1.82) is 5.26 Å². The molecular formula is C21H16Cl2N4. The molecule has 0 saturated carbocycles. The number of nitrogens with one attached hydrogen (secondary N) is 1. The zero-order valence-corrected chi connectivity index (χ0v) is 16.1. The van der Waals surface area contributed by atoms with E-state index in [1.807, 2.05) is 46.9 Å². The fourth-order valence-electron chi connectivity index (χ4n) is 3.34. The maximum Gasteiger partial charge on any atom is 0.157 e. The first-order valence-electron chi connectivity index (χ1n) is 8.67. The van der Waals surface area contributed by atoms with Crippen molar-refractivity contribution in [2.24, 2.45) is 0 Å². The normalized spacial score (nSPS) is 11.0. The minimum absolute atomic E-state index is 0.555. The van der Waals surface area contributed by atoms with E-state index in [9.17, 15) is 5.26 Å². The van der Waals surface area contributed by atoms with Gasteiger partial charge >= 0.3 is 0 Å². The number of imidazole rings is 1. The lowest BCUT2D eigenvalue weighted by molar-refractivity contribution is 0.915. The highest BCUT2D eigenvalue weighted by atomic mass is 35.5. The van der Waals surface area contributed by atoms with Crippen LogP contribution < -0.4 is 5.32 Å². The number of nitriles is 1. The number of halogens is 2. The Labute approximate surface area is 167 Å². The molecule has 4 rings (SSSR count). The average Bonchev–Trinajstić information content (AvgIpc) is 3.01. The van der Waals surface area contributed by atoms with Crippen LogP contribution in [0.4, 0.5) is 11.5 Å². The Balaban J connectivity index is 2.01. The topological polar surface area (TPSA) is 53.1 Å². The van der Waals surface area contributed by atoms with Gasteiger partial charge in [0.2, 0.25) is 0 Å². The largest absolute Gasteiger partial charge is 0.341 e. The summed E-state index contributed by atoms with van der Waals surface area (Å²) < 4.78 is 1.97. The third-order valence-corrected chi connectivity index (χ3v) is 4.86. The van der Waals surface area contributed by atoms with Gasteiger partial charge < -0.3 is 5.32 Å². The van der Waals surface area contributed by atoms with Crippen LogP contribution in [0.2, 0.25) is 10.0 Å². The minimum atomic E-state index is 0.555. The van der Waals surface area contributed by atoms with Crippen molar-refractivity contribution in [3.05, 3.63) is 69.7 Å². The Hall–Kier alpha value is -2.74. The molecule has 0 aliphatic carbocycles. The molecule has 2 aromatic heterocycles. The quantitative estimate of drug-likeness (QED) is 0.437. The van der Waals surface area contributed by atoms with Crippen LogP contribution in [0.25, 0.3) is 16.7 Å². The molecular weight excluding hydrogens is 379 g/mol. The molecule has 2 heterocycles. The fraction of sp³-hybridized carbons (Fsp3) is 0.143.